The topological polar surface area (TPSA) is 75.4 Å². The summed E-state index contributed by atoms with van der Waals surface area (Å²) in [4.78, 5) is 26.1. The SMILES string of the molecule is Cc1noc(C)c1CC(=O)NC1CC(=O)N(c2ccccc2)C1. The fraction of sp³-hybridized carbons (Fsp3) is 0.353. The Hall–Kier alpha value is -2.63. The van der Waals surface area contributed by atoms with E-state index in [1.807, 2.05) is 37.3 Å². The van der Waals surface area contributed by atoms with Gasteiger partial charge in [-0.1, -0.05) is 23.4 Å². The number of para-hydroxylation sites is 1. The van der Waals surface area contributed by atoms with E-state index < -0.39 is 0 Å². The highest BCUT2D eigenvalue weighted by molar-refractivity contribution is 5.96. The molecule has 1 aliphatic rings. The summed E-state index contributed by atoms with van der Waals surface area (Å²) >= 11 is 0. The maximum absolute atomic E-state index is 12.2. The van der Waals surface area contributed by atoms with E-state index >= 15 is 0 Å². The van der Waals surface area contributed by atoms with Crippen molar-refractivity contribution in [1.29, 1.82) is 0 Å². The van der Waals surface area contributed by atoms with Gasteiger partial charge in [0.05, 0.1) is 18.2 Å². The van der Waals surface area contributed by atoms with Crippen LogP contribution in [0.1, 0.15) is 23.4 Å². The Balaban J connectivity index is 1.61. The first-order valence-corrected chi connectivity index (χ1v) is 7.61. The van der Waals surface area contributed by atoms with Gasteiger partial charge in [-0.05, 0) is 26.0 Å². The smallest absolute Gasteiger partial charge is 0.229 e. The molecule has 1 saturated heterocycles. The summed E-state index contributed by atoms with van der Waals surface area (Å²) in [6.07, 6.45) is 0.541. The molecule has 6 heteroatoms. The third-order valence-electron chi connectivity index (χ3n) is 4.08. The molecule has 0 bridgehead atoms. The van der Waals surface area contributed by atoms with Crippen LogP contribution in [-0.4, -0.2) is 29.6 Å². The van der Waals surface area contributed by atoms with Gasteiger partial charge >= 0.3 is 0 Å². The lowest BCUT2D eigenvalue weighted by molar-refractivity contribution is -0.121. The zero-order valence-corrected chi connectivity index (χ0v) is 13.2. The molecular weight excluding hydrogens is 294 g/mol. The lowest BCUT2D eigenvalue weighted by Gasteiger charge is -2.17. The van der Waals surface area contributed by atoms with Crippen molar-refractivity contribution in [2.45, 2.75) is 32.7 Å². The second-order valence-electron chi connectivity index (χ2n) is 5.79. The highest BCUT2D eigenvalue weighted by Gasteiger charge is 2.31. The number of aromatic nitrogens is 1. The Kier molecular flexibility index (Phi) is 4.14. The van der Waals surface area contributed by atoms with Crippen molar-refractivity contribution in [3.8, 4) is 0 Å². The van der Waals surface area contributed by atoms with Gasteiger partial charge in [-0.25, -0.2) is 0 Å². The van der Waals surface area contributed by atoms with E-state index in [4.69, 9.17) is 4.52 Å². The highest BCUT2D eigenvalue weighted by atomic mass is 16.5. The molecule has 2 amide bonds. The number of hydrogen-bond donors (Lipinski definition) is 1. The van der Waals surface area contributed by atoms with E-state index in [0.29, 0.717) is 18.7 Å². The number of nitrogens with zero attached hydrogens (tertiary/aromatic N) is 2. The van der Waals surface area contributed by atoms with Crippen molar-refractivity contribution in [3.05, 3.63) is 47.3 Å². The standard InChI is InChI=1S/C17H19N3O3/c1-11-15(12(2)23-19-11)9-16(21)18-13-8-17(22)20(10-13)14-6-4-3-5-7-14/h3-7,13H,8-10H2,1-2H3,(H,18,21). The van der Waals surface area contributed by atoms with Crippen molar-refractivity contribution in [2.24, 2.45) is 0 Å². The van der Waals surface area contributed by atoms with E-state index in [2.05, 4.69) is 10.5 Å². The lowest BCUT2D eigenvalue weighted by atomic mass is 10.1. The van der Waals surface area contributed by atoms with Crippen LogP contribution in [0.25, 0.3) is 0 Å². The Morgan fingerprint density at radius 2 is 2.09 bits per heavy atom. The van der Waals surface area contributed by atoms with E-state index in [1.54, 1.807) is 11.8 Å². The molecule has 0 aliphatic carbocycles. The van der Waals surface area contributed by atoms with Gasteiger partial charge in [0.25, 0.3) is 0 Å². The molecule has 2 aromatic rings. The van der Waals surface area contributed by atoms with Crippen LogP contribution in [0.15, 0.2) is 34.9 Å². The van der Waals surface area contributed by atoms with Gasteiger partial charge in [-0.15, -0.1) is 0 Å². The minimum Gasteiger partial charge on any atom is -0.361 e. The summed E-state index contributed by atoms with van der Waals surface area (Å²) in [5.74, 6) is 0.567. The fourth-order valence-electron chi connectivity index (χ4n) is 2.86. The molecular formula is C17H19N3O3. The second kappa shape index (κ2) is 6.24. The van der Waals surface area contributed by atoms with Crippen molar-refractivity contribution >= 4 is 17.5 Å². The van der Waals surface area contributed by atoms with Crippen LogP contribution in [0.5, 0.6) is 0 Å². The average Bonchev–Trinajstić information content (AvgIpc) is 3.05. The first-order chi connectivity index (χ1) is 11.0. The van der Waals surface area contributed by atoms with Crippen molar-refractivity contribution in [3.63, 3.8) is 0 Å². The van der Waals surface area contributed by atoms with Gasteiger partial charge in [-0.3, -0.25) is 9.59 Å². The van der Waals surface area contributed by atoms with E-state index in [-0.39, 0.29) is 24.3 Å². The fourth-order valence-corrected chi connectivity index (χ4v) is 2.86. The van der Waals surface area contributed by atoms with Crippen LogP contribution in [0.4, 0.5) is 5.69 Å². The molecule has 1 atom stereocenters. The summed E-state index contributed by atoms with van der Waals surface area (Å²) in [6, 6.07) is 9.32. The molecule has 1 N–H and O–H groups in total. The lowest BCUT2D eigenvalue weighted by Crippen LogP contribution is -2.38. The van der Waals surface area contributed by atoms with Crippen LogP contribution >= 0.6 is 0 Å². The predicted octanol–water partition coefficient (Wildman–Crippen LogP) is 1.76. The van der Waals surface area contributed by atoms with Crippen LogP contribution in [0.3, 0.4) is 0 Å². The molecule has 1 aromatic carbocycles. The van der Waals surface area contributed by atoms with Crippen LogP contribution < -0.4 is 10.2 Å². The third-order valence-corrected chi connectivity index (χ3v) is 4.08. The molecule has 120 valence electrons. The zero-order chi connectivity index (χ0) is 16.4. The molecule has 3 rings (SSSR count). The minimum atomic E-state index is -0.171. The molecule has 1 fully saturated rings. The number of amides is 2. The van der Waals surface area contributed by atoms with Crippen molar-refractivity contribution in [2.75, 3.05) is 11.4 Å². The van der Waals surface area contributed by atoms with Crippen LogP contribution in [0, 0.1) is 13.8 Å². The van der Waals surface area contributed by atoms with Crippen LogP contribution in [0.2, 0.25) is 0 Å². The number of benzene rings is 1. The van der Waals surface area contributed by atoms with E-state index in [9.17, 15) is 9.59 Å². The monoisotopic (exact) mass is 313 g/mol. The van der Waals surface area contributed by atoms with Gasteiger partial charge < -0.3 is 14.7 Å². The predicted molar refractivity (Wildman–Crippen MR) is 85.0 cm³/mol. The maximum atomic E-state index is 12.2. The summed E-state index contributed by atoms with van der Waals surface area (Å²) in [5, 5.41) is 6.78. The number of carbonyl (C=O) groups excluding carboxylic acids is 2. The molecule has 2 heterocycles. The normalized spacial score (nSPS) is 17.6. The number of aryl methyl sites for hydroxylation is 2. The first-order valence-electron chi connectivity index (χ1n) is 7.61. The molecule has 0 spiro atoms. The second-order valence-corrected chi connectivity index (χ2v) is 5.79. The Labute approximate surface area is 134 Å². The largest absolute Gasteiger partial charge is 0.361 e. The number of carbonyl (C=O) groups is 2. The molecule has 1 unspecified atom stereocenters. The minimum absolute atomic E-state index is 0.0267. The summed E-state index contributed by atoms with van der Waals surface area (Å²) < 4.78 is 5.07. The van der Waals surface area contributed by atoms with Gasteiger partial charge in [0.15, 0.2) is 0 Å². The quantitative estimate of drug-likeness (QED) is 0.933. The Morgan fingerprint density at radius 3 is 2.74 bits per heavy atom. The number of hydrogen-bond acceptors (Lipinski definition) is 4. The Bertz CT molecular complexity index is 704. The zero-order valence-electron chi connectivity index (χ0n) is 13.2. The maximum Gasteiger partial charge on any atom is 0.229 e. The number of nitrogens with one attached hydrogen (secondary N) is 1. The van der Waals surface area contributed by atoms with E-state index in [0.717, 1.165) is 16.9 Å². The molecule has 6 nitrogen and oxygen atoms in total. The molecule has 0 radical (unpaired) electrons. The van der Waals surface area contributed by atoms with Gasteiger partial charge in [0.2, 0.25) is 11.8 Å². The first kappa shape index (κ1) is 15.3. The average molecular weight is 313 g/mol. The van der Waals surface area contributed by atoms with E-state index in [1.165, 1.54) is 0 Å². The number of anilines is 1. The molecule has 1 aromatic heterocycles. The summed E-state index contributed by atoms with van der Waals surface area (Å²) in [6.45, 7) is 4.10. The van der Waals surface area contributed by atoms with Crippen molar-refractivity contribution < 1.29 is 14.1 Å². The molecule has 1 aliphatic heterocycles. The molecule has 23 heavy (non-hydrogen) atoms. The van der Waals surface area contributed by atoms with Crippen molar-refractivity contribution in [1.82, 2.24) is 10.5 Å². The number of rotatable bonds is 4. The summed E-state index contributed by atoms with van der Waals surface area (Å²) in [5.41, 5.74) is 2.40. The third kappa shape index (κ3) is 3.26. The summed E-state index contributed by atoms with van der Waals surface area (Å²) in [7, 11) is 0. The van der Waals surface area contributed by atoms with Gasteiger partial charge in [-0.2, -0.15) is 0 Å². The van der Waals surface area contributed by atoms with Crippen LogP contribution in [-0.2, 0) is 16.0 Å². The van der Waals surface area contributed by atoms with Gasteiger partial charge in [0, 0.05) is 24.2 Å². The van der Waals surface area contributed by atoms with Gasteiger partial charge in [0.1, 0.15) is 5.76 Å². The highest BCUT2D eigenvalue weighted by Crippen LogP contribution is 2.21. The molecule has 0 saturated carbocycles. The Morgan fingerprint density at radius 1 is 1.35 bits per heavy atom.